The molecule has 7 nitrogen and oxygen atoms in total. The van der Waals surface area contributed by atoms with Gasteiger partial charge in [0.05, 0.1) is 38.4 Å². The molecule has 0 aromatic heterocycles. The van der Waals surface area contributed by atoms with Crippen molar-refractivity contribution in [1.82, 2.24) is 15.1 Å². The van der Waals surface area contributed by atoms with Crippen LogP contribution in [0.4, 0.5) is 0 Å². The lowest BCUT2D eigenvalue weighted by Gasteiger charge is -2.54. The molecule has 2 fully saturated rings. The van der Waals surface area contributed by atoms with Crippen LogP contribution in [0, 0.1) is 0 Å². The topological polar surface area (TPSA) is 82.1 Å². The second-order valence-electron chi connectivity index (χ2n) is 6.87. The lowest BCUT2D eigenvalue weighted by Crippen LogP contribution is -2.68. The fourth-order valence-corrected chi connectivity index (χ4v) is 4.00. The quantitative estimate of drug-likeness (QED) is 0.734. The molecule has 0 unspecified atom stereocenters. The first-order valence-electron chi connectivity index (χ1n) is 9.13. The number of carbonyl (C=O) groups is 2. The van der Waals surface area contributed by atoms with Crippen molar-refractivity contribution < 1.29 is 19.4 Å². The van der Waals surface area contributed by atoms with Gasteiger partial charge in [-0.25, -0.2) is 0 Å². The molecule has 3 rings (SSSR count). The van der Waals surface area contributed by atoms with Crippen molar-refractivity contribution >= 4 is 11.8 Å². The van der Waals surface area contributed by atoms with Crippen LogP contribution in [0.2, 0.25) is 0 Å². The zero-order chi connectivity index (χ0) is 18.5. The molecule has 0 saturated carbocycles. The van der Waals surface area contributed by atoms with E-state index in [9.17, 15) is 14.7 Å². The van der Waals surface area contributed by atoms with E-state index in [1.54, 1.807) is 4.90 Å². The predicted molar refractivity (Wildman–Crippen MR) is 96.6 cm³/mol. The molecular formula is C19H27N3O4. The molecule has 0 aliphatic carbocycles. The number of aliphatic hydroxyl groups excluding tert-OH is 1. The van der Waals surface area contributed by atoms with Gasteiger partial charge in [-0.15, -0.1) is 0 Å². The zero-order valence-electron chi connectivity index (χ0n) is 15.1. The maximum atomic E-state index is 12.3. The Morgan fingerprint density at radius 2 is 1.88 bits per heavy atom. The predicted octanol–water partition coefficient (Wildman–Crippen LogP) is -0.190. The largest absolute Gasteiger partial charge is 0.394 e. The van der Waals surface area contributed by atoms with Gasteiger partial charge in [0.25, 0.3) is 0 Å². The second kappa shape index (κ2) is 8.62. The molecule has 3 atom stereocenters. The van der Waals surface area contributed by atoms with E-state index in [0.717, 1.165) is 18.7 Å². The standard InChI is InChI=1S/C19H27N3O4/c1-14(24)22-16(11-20-18(25)12-21-7-9-26-10-8-21)19(17(22)13-23)15-5-3-2-4-6-15/h2-6,16-17,19,23H,7-13H2,1H3,(H,20,25)/t16-,17+,19-/m0/s1. The van der Waals surface area contributed by atoms with Gasteiger partial charge >= 0.3 is 0 Å². The summed E-state index contributed by atoms with van der Waals surface area (Å²) in [7, 11) is 0. The molecule has 1 aromatic carbocycles. The first kappa shape index (κ1) is 18.8. The van der Waals surface area contributed by atoms with Gasteiger partial charge in [-0.05, 0) is 5.56 Å². The van der Waals surface area contributed by atoms with E-state index < -0.39 is 0 Å². The molecule has 0 radical (unpaired) electrons. The SMILES string of the molecule is CC(=O)N1[C@H](CO)[C@@H](c2ccccc2)[C@@H]1CNC(=O)CN1CCOCC1. The smallest absolute Gasteiger partial charge is 0.234 e. The number of benzene rings is 1. The summed E-state index contributed by atoms with van der Waals surface area (Å²) >= 11 is 0. The van der Waals surface area contributed by atoms with Crippen LogP contribution >= 0.6 is 0 Å². The summed E-state index contributed by atoms with van der Waals surface area (Å²) in [5, 5.41) is 12.7. The van der Waals surface area contributed by atoms with Crippen LogP contribution in [0.5, 0.6) is 0 Å². The molecule has 2 aliphatic heterocycles. The van der Waals surface area contributed by atoms with Gasteiger partial charge in [0.2, 0.25) is 11.8 Å². The highest BCUT2D eigenvalue weighted by molar-refractivity contribution is 5.79. The molecule has 2 saturated heterocycles. The average molecular weight is 361 g/mol. The van der Waals surface area contributed by atoms with E-state index in [0.29, 0.717) is 26.3 Å². The summed E-state index contributed by atoms with van der Waals surface area (Å²) in [6.45, 7) is 4.98. The van der Waals surface area contributed by atoms with Gasteiger partial charge in [0.15, 0.2) is 0 Å². The number of likely N-dealkylation sites (tertiary alicyclic amines) is 1. The molecule has 0 bridgehead atoms. The van der Waals surface area contributed by atoms with Crippen molar-refractivity contribution in [1.29, 1.82) is 0 Å². The van der Waals surface area contributed by atoms with E-state index in [2.05, 4.69) is 10.2 Å². The van der Waals surface area contributed by atoms with Crippen molar-refractivity contribution in [3.05, 3.63) is 35.9 Å². The number of aliphatic hydroxyl groups is 1. The normalized spacial score (nSPS) is 26.2. The maximum absolute atomic E-state index is 12.3. The molecular weight excluding hydrogens is 334 g/mol. The average Bonchev–Trinajstić information content (AvgIpc) is 2.62. The number of rotatable bonds is 6. The van der Waals surface area contributed by atoms with Crippen LogP contribution in [-0.4, -0.2) is 84.8 Å². The minimum atomic E-state index is -0.240. The highest BCUT2D eigenvalue weighted by Gasteiger charge is 2.49. The number of nitrogens with one attached hydrogen (secondary N) is 1. The van der Waals surface area contributed by atoms with Crippen molar-refractivity contribution in [3.63, 3.8) is 0 Å². The minimum absolute atomic E-state index is 0.0220. The monoisotopic (exact) mass is 361 g/mol. The first-order valence-corrected chi connectivity index (χ1v) is 9.13. The first-order chi connectivity index (χ1) is 12.6. The Hall–Kier alpha value is -1.96. The summed E-state index contributed by atoms with van der Waals surface area (Å²) in [5.41, 5.74) is 1.08. The third-order valence-electron chi connectivity index (χ3n) is 5.26. The Labute approximate surface area is 153 Å². The Morgan fingerprint density at radius 1 is 1.19 bits per heavy atom. The lowest BCUT2D eigenvalue weighted by atomic mass is 9.75. The van der Waals surface area contributed by atoms with E-state index in [1.807, 2.05) is 30.3 Å². The van der Waals surface area contributed by atoms with Crippen molar-refractivity contribution in [2.24, 2.45) is 0 Å². The summed E-state index contributed by atoms with van der Waals surface area (Å²) in [6.07, 6.45) is 0. The van der Waals surface area contributed by atoms with Gasteiger partial charge in [-0.2, -0.15) is 0 Å². The molecule has 2 N–H and O–H groups in total. The molecule has 142 valence electrons. The second-order valence-corrected chi connectivity index (χ2v) is 6.87. The molecule has 1 aromatic rings. The summed E-state index contributed by atoms with van der Waals surface area (Å²) in [6, 6.07) is 9.48. The number of ether oxygens (including phenoxy) is 1. The van der Waals surface area contributed by atoms with Gasteiger partial charge in [-0.3, -0.25) is 14.5 Å². The molecule has 2 amide bonds. The van der Waals surface area contributed by atoms with Gasteiger partial charge in [0, 0.05) is 32.5 Å². The fourth-order valence-electron chi connectivity index (χ4n) is 4.00. The number of amides is 2. The minimum Gasteiger partial charge on any atom is -0.394 e. The molecule has 26 heavy (non-hydrogen) atoms. The molecule has 0 spiro atoms. The van der Waals surface area contributed by atoms with E-state index in [-0.39, 0.29) is 36.4 Å². The van der Waals surface area contributed by atoms with Crippen LogP contribution in [0.25, 0.3) is 0 Å². The van der Waals surface area contributed by atoms with Crippen LogP contribution in [-0.2, 0) is 14.3 Å². The van der Waals surface area contributed by atoms with Gasteiger partial charge in [0.1, 0.15) is 0 Å². The summed E-state index contributed by atoms with van der Waals surface area (Å²) < 4.78 is 5.29. The van der Waals surface area contributed by atoms with Crippen molar-refractivity contribution in [2.75, 3.05) is 46.0 Å². The third kappa shape index (κ3) is 4.06. The Morgan fingerprint density at radius 3 is 2.50 bits per heavy atom. The number of hydrogen-bond donors (Lipinski definition) is 2. The highest BCUT2D eigenvalue weighted by atomic mass is 16.5. The maximum Gasteiger partial charge on any atom is 0.234 e. The number of nitrogens with zero attached hydrogens (tertiary/aromatic N) is 2. The highest BCUT2D eigenvalue weighted by Crippen LogP contribution is 2.40. The Bertz CT molecular complexity index is 618. The number of morpholine rings is 1. The number of hydrogen-bond acceptors (Lipinski definition) is 5. The molecule has 7 heteroatoms. The van der Waals surface area contributed by atoms with Crippen LogP contribution in [0.15, 0.2) is 30.3 Å². The van der Waals surface area contributed by atoms with Crippen LogP contribution < -0.4 is 5.32 Å². The Balaban J connectivity index is 1.62. The summed E-state index contributed by atoms with van der Waals surface area (Å²) in [4.78, 5) is 28.1. The van der Waals surface area contributed by atoms with Crippen molar-refractivity contribution in [2.45, 2.75) is 24.9 Å². The van der Waals surface area contributed by atoms with E-state index in [1.165, 1.54) is 6.92 Å². The third-order valence-corrected chi connectivity index (χ3v) is 5.26. The fraction of sp³-hybridized carbons (Fsp3) is 0.579. The van der Waals surface area contributed by atoms with Gasteiger partial charge < -0.3 is 20.1 Å². The summed E-state index contributed by atoms with van der Waals surface area (Å²) in [5.74, 6) is -0.105. The van der Waals surface area contributed by atoms with E-state index >= 15 is 0 Å². The van der Waals surface area contributed by atoms with Gasteiger partial charge in [-0.1, -0.05) is 30.3 Å². The lowest BCUT2D eigenvalue weighted by molar-refractivity contribution is -0.148. The van der Waals surface area contributed by atoms with Crippen molar-refractivity contribution in [3.8, 4) is 0 Å². The molecule has 2 heterocycles. The Kier molecular flexibility index (Phi) is 6.24. The molecule has 2 aliphatic rings. The number of carbonyl (C=O) groups excluding carboxylic acids is 2. The van der Waals surface area contributed by atoms with Crippen LogP contribution in [0.3, 0.4) is 0 Å². The van der Waals surface area contributed by atoms with Crippen LogP contribution in [0.1, 0.15) is 18.4 Å². The zero-order valence-corrected chi connectivity index (χ0v) is 15.1. The van der Waals surface area contributed by atoms with E-state index in [4.69, 9.17) is 4.74 Å².